The third-order valence-electron chi connectivity index (χ3n) is 2.59. The molecule has 1 aromatic carbocycles. The van der Waals surface area contributed by atoms with Crippen LogP contribution in [0.15, 0.2) is 41.4 Å². The minimum Gasteiger partial charge on any atom is -0.397 e. The highest BCUT2D eigenvalue weighted by molar-refractivity contribution is 7.99. The number of aryl methyl sites for hydroxylation is 1. The average molecular weight is 259 g/mol. The molecule has 0 bridgehead atoms. The van der Waals surface area contributed by atoms with Crippen molar-refractivity contribution >= 4 is 29.0 Å². The molecule has 1 heterocycles. The Morgan fingerprint density at radius 3 is 2.61 bits per heavy atom. The Morgan fingerprint density at radius 2 is 2.00 bits per heavy atom. The molecule has 0 fully saturated rings. The van der Waals surface area contributed by atoms with Gasteiger partial charge < -0.3 is 11.1 Å². The molecule has 3 N–H and O–H groups in total. The van der Waals surface area contributed by atoms with E-state index in [1.807, 2.05) is 24.8 Å². The van der Waals surface area contributed by atoms with Crippen LogP contribution in [0.4, 0.5) is 17.2 Å². The minimum absolute atomic E-state index is 0.718. The van der Waals surface area contributed by atoms with Gasteiger partial charge in [-0.15, -0.1) is 11.8 Å². The van der Waals surface area contributed by atoms with Crippen LogP contribution in [-0.2, 0) is 0 Å². The molecule has 0 aliphatic carbocycles. The van der Waals surface area contributed by atoms with Crippen molar-refractivity contribution in [1.82, 2.24) is 4.98 Å². The number of aromatic nitrogens is 1. The molecule has 0 amide bonds. The Hall–Kier alpha value is -1.68. The van der Waals surface area contributed by atoms with Crippen LogP contribution in [-0.4, -0.2) is 10.7 Å². The van der Waals surface area contributed by atoms with E-state index in [1.54, 1.807) is 6.20 Å². The summed E-state index contributed by atoms with van der Waals surface area (Å²) in [6.07, 6.45) is 1.68. The molecule has 0 saturated carbocycles. The Labute approximate surface area is 112 Å². The lowest BCUT2D eigenvalue weighted by Crippen LogP contribution is -1.97. The van der Waals surface area contributed by atoms with Crippen LogP contribution in [0.2, 0.25) is 0 Å². The number of pyridine rings is 1. The number of hydrogen-bond acceptors (Lipinski definition) is 4. The number of nitrogens with one attached hydrogen (secondary N) is 1. The zero-order valence-electron chi connectivity index (χ0n) is 10.6. The van der Waals surface area contributed by atoms with E-state index in [9.17, 15) is 0 Å². The fraction of sp³-hybridized carbons (Fsp3) is 0.214. The van der Waals surface area contributed by atoms with E-state index in [4.69, 9.17) is 5.73 Å². The molecule has 0 atom stereocenters. The Morgan fingerprint density at radius 1 is 1.28 bits per heavy atom. The summed E-state index contributed by atoms with van der Waals surface area (Å²) >= 11 is 1.83. The quantitative estimate of drug-likeness (QED) is 0.819. The lowest BCUT2D eigenvalue weighted by molar-refractivity contribution is 1.27. The lowest BCUT2D eigenvalue weighted by atomic mass is 10.2. The van der Waals surface area contributed by atoms with Crippen molar-refractivity contribution in [1.29, 1.82) is 0 Å². The van der Waals surface area contributed by atoms with Gasteiger partial charge in [0.1, 0.15) is 5.82 Å². The molecule has 2 aromatic rings. The van der Waals surface area contributed by atoms with E-state index in [0.717, 1.165) is 28.5 Å². The first-order valence-electron chi connectivity index (χ1n) is 5.91. The van der Waals surface area contributed by atoms with E-state index < -0.39 is 0 Å². The topological polar surface area (TPSA) is 50.9 Å². The molecular formula is C14H17N3S. The van der Waals surface area contributed by atoms with Crippen molar-refractivity contribution in [2.45, 2.75) is 18.7 Å². The second-order valence-corrected chi connectivity index (χ2v) is 5.35. The van der Waals surface area contributed by atoms with Gasteiger partial charge in [0.25, 0.3) is 0 Å². The molecule has 0 saturated heterocycles. The summed E-state index contributed by atoms with van der Waals surface area (Å²) in [6, 6.07) is 10.3. The van der Waals surface area contributed by atoms with E-state index in [0.29, 0.717) is 0 Å². The van der Waals surface area contributed by atoms with Crippen molar-refractivity contribution in [3.8, 4) is 0 Å². The maximum absolute atomic E-state index is 5.74. The van der Waals surface area contributed by atoms with Crippen LogP contribution >= 0.6 is 11.8 Å². The molecule has 4 heteroatoms. The number of anilines is 3. The van der Waals surface area contributed by atoms with Gasteiger partial charge in [0.05, 0.1) is 11.9 Å². The number of hydrogen-bond donors (Lipinski definition) is 2. The first-order chi connectivity index (χ1) is 8.69. The van der Waals surface area contributed by atoms with Crippen LogP contribution in [0.3, 0.4) is 0 Å². The Bertz CT molecular complexity index is 523. The van der Waals surface area contributed by atoms with Gasteiger partial charge in [-0.05, 0) is 48.6 Å². The SMILES string of the molecule is CCSc1ccc(Nc2cc(C)c(N)cn2)cc1. The van der Waals surface area contributed by atoms with Gasteiger partial charge in [0.2, 0.25) is 0 Å². The van der Waals surface area contributed by atoms with E-state index in [2.05, 4.69) is 41.5 Å². The molecule has 3 nitrogen and oxygen atoms in total. The zero-order chi connectivity index (χ0) is 13.0. The number of nitrogen functional groups attached to an aromatic ring is 1. The standard InChI is InChI=1S/C14H17N3S/c1-3-18-12-6-4-11(5-7-12)17-14-8-10(2)13(15)9-16-14/h4-9H,3,15H2,1-2H3,(H,16,17). The van der Waals surface area contributed by atoms with Crippen molar-refractivity contribution in [3.63, 3.8) is 0 Å². The molecular weight excluding hydrogens is 242 g/mol. The Kier molecular flexibility index (Phi) is 4.10. The highest BCUT2D eigenvalue weighted by atomic mass is 32.2. The second-order valence-electron chi connectivity index (χ2n) is 4.01. The average Bonchev–Trinajstić information content (AvgIpc) is 2.37. The van der Waals surface area contributed by atoms with Crippen LogP contribution in [0, 0.1) is 6.92 Å². The summed E-state index contributed by atoms with van der Waals surface area (Å²) in [5, 5.41) is 3.27. The van der Waals surface area contributed by atoms with E-state index in [1.165, 1.54) is 4.90 Å². The molecule has 94 valence electrons. The highest BCUT2D eigenvalue weighted by Gasteiger charge is 1.99. The third-order valence-corrected chi connectivity index (χ3v) is 3.48. The van der Waals surface area contributed by atoms with Crippen LogP contribution in [0.5, 0.6) is 0 Å². The van der Waals surface area contributed by atoms with Crippen LogP contribution in [0.1, 0.15) is 12.5 Å². The second kappa shape index (κ2) is 5.78. The molecule has 0 radical (unpaired) electrons. The van der Waals surface area contributed by atoms with Crippen molar-refractivity contribution in [3.05, 3.63) is 42.1 Å². The summed E-state index contributed by atoms with van der Waals surface area (Å²) in [7, 11) is 0. The summed E-state index contributed by atoms with van der Waals surface area (Å²) in [4.78, 5) is 5.53. The minimum atomic E-state index is 0.718. The largest absolute Gasteiger partial charge is 0.397 e. The number of thioether (sulfide) groups is 1. The van der Waals surface area contributed by atoms with E-state index in [-0.39, 0.29) is 0 Å². The molecule has 0 aliphatic heterocycles. The van der Waals surface area contributed by atoms with Gasteiger partial charge in [-0.3, -0.25) is 0 Å². The smallest absolute Gasteiger partial charge is 0.130 e. The van der Waals surface area contributed by atoms with Crippen molar-refractivity contribution < 1.29 is 0 Å². The maximum atomic E-state index is 5.74. The summed E-state index contributed by atoms with van der Waals surface area (Å²) in [6.45, 7) is 4.13. The number of rotatable bonds is 4. The van der Waals surface area contributed by atoms with Crippen molar-refractivity contribution in [2.24, 2.45) is 0 Å². The summed E-state index contributed by atoms with van der Waals surface area (Å²) < 4.78 is 0. The summed E-state index contributed by atoms with van der Waals surface area (Å²) in [5.41, 5.74) is 8.53. The van der Waals surface area contributed by atoms with Crippen molar-refractivity contribution in [2.75, 3.05) is 16.8 Å². The van der Waals surface area contributed by atoms with E-state index >= 15 is 0 Å². The third kappa shape index (κ3) is 3.17. The monoisotopic (exact) mass is 259 g/mol. The number of benzene rings is 1. The normalized spacial score (nSPS) is 10.3. The predicted octanol–water partition coefficient (Wildman–Crippen LogP) is 3.83. The number of nitrogens with two attached hydrogens (primary N) is 1. The van der Waals surface area contributed by atoms with Gasteiger partial charge in [0, 0.05) is 10.6 Å². The van der Waals surface area contributed by atoms with Gasteiger partial charge in [0.15, 0.2) is 0 Å². The van der Waals surface area contributed by atoms with Gasteiger partial charge in [-0.25, -0.2) is 4.98 Å². The fourth-order valence-electron chi connectivity index (χ4n) is 1.58. The lowest BCUT2D eigenvalue weighted by Gasteiger charge is -2.08. The van der Waals surface area contributed by atoms with Gasteiger partial charge >= 0.3 is 0 Å². The Balaban J connectivity index is 2.10. The molecule has 0 aliphatic rings. The molecule has 0 spiro atoms. The molecule has 1 aromatic heterocycles. The molecule has 18 heavy (non-hydrogen) atoms. The number of nitrogens with zero attached hydrogens (tertiary/aromatic N) is 1. The molecule has 2 rings (SSSR count). The first-order valence-corrected chi connectivity index (χ1v) is 6.89. The first kappa shape index (κ1) is 12.8. The van der Waals surface area contributed by atoms with Crippen LogP contribution in [0.25, 0.3) is 0 Å². The van der Waals surface area contributed by atoms with Gasteiger partial charge in [-0.1, -0.05) is 6.92 Å². The summed E-state index contributed by atoms with van der Waals surface area (Å²) in [5.74, 6) is 1.91. The van der Waals surface area contributed by atoms with Gasteiger partial charge in [-0.2, -0.15) is 0 Å². The highest BCUT2D eigenvalue weighted by Crippen LogP contribution is 2.22. The zero-order valence-corrected chi connectivity index (χ0v) is 11.4. The maximum Gasteiger partial charge on any atom is 0.130 e. The fourth-order valence-corrected chi connectivity index (χ4v) is 2.25. The predicted molar refractivity (Wildman–Crippen MR) is 79.5 cm³/mol. The van der Waals surface area contributed by atoms with Crippen LogP contribution < -0.4 is 11.1 Å². The molecule has 0 unspecified atom stereocenters.